The maximum absolute atomic E-state index is 3.45. The Morgan fingerprint density at radius 2 is 0.636 bits per heavy atom. The van der Waals surface area contributed by atoms with Crippen LogP contribution in [0.25, 0.3) is 0 Å². The standard InChI is InChI=1S/C14H32N4S4/c1-5-19-9-10-20-7-3-17-14-18-4-8-22-12-11-21-6-2-16-13-15-1/h15-18H,1-14H2. The van der Waals surface area contributed by atoms with E-state index in [-0.39, 0.29) is 0 Å². The summed E-state index contributed by atoms with van der Waals surface area (Å²) in [5.41, 5.74) is 0. The largest absolute Gasteiger partial charge is 0.304 e. The van der Waals surface area contributed by atoms with Gasteiger partial charge in [-0.05, 0) is 0 Å². The van der Waals surface area contributed by atoms with Crippen molar-refractivity contribution in [1.82, 2.24) is 21.3 Å². The molecule has 0 aromatic rings. The monoisotopic (exact) mass is 384 g/mol. The second kappa shape index (κ2) is 18.6. The van der Waals surface area contributed by atoms with Gasteiger partial charge < -0.3 is 21.3 Å². The lowest BCUT2D eigenvalue weighted by molar-refractivity contribution is 0.621. The molecule has 0 amide bonds. The van der Waals surface area contributed by atoms with Crippen LogP contribution in [-0.4, -0.2) is 85.5 Å². The normalized spacial score (nSPS) is 24.0. The van der Waals surface area contributed by atoms with Crippen molar-refractivity contribution in [2.24, 2.45) is 0 Å². The van der Waals surface area contributed by atoms with E-state index in [0.717, 1.165) is 39.5 Å². The molecule has 22 heavy (non-hydrogen) atoms. The Bertz CT molecular complexity index is 127. The van der Waals surface area contributed by atoms with Crippen LogP contribution in [0.3, 0.4) is 0 Å². The van der Waals surface area contributed by atoms with Gasteiger partial charge in [-0.25, -0.2) is 0 Å². The lowest BCUT2D eigenvalue weighted by Gasteiger charge is -2.09. The summed E-state index contributed by atoms with van der Waals surface area (Å²) in [6.45, 7) is 6.33. The fourth-order valence-corrected chi connectivity index (χ4v) is 5.61. The summed E-state index contributed by atoms with van der Waals surface area (Å²) in [6.07, 6.45) is 0. The maximum Gasteiger partial charge on any atom is 0.0454 e. The second-order valence-electron chi connectivity index (χ2n) is 4.80. The van der Waals surface area contributed by atoms with Crippen LogP contribution in [0.2, 0.25) is 0 Å². The molecule has 4 N–H and O–H groups in total. The van der Waals surface area contributed by atoms with Crippen LogP contribution in [0.15, 0.2) is 0 Å². The molecule has 0 atom stereocenters. The Hall–Kier alpha value is 1.24. The van der Waals surface area contributed by atoms with Gasteiger partial charge in [-0.3, -0.25) is 0 Å². The SMILES string of the molecule is C1CSCCSCCNCNCCSCCSCCNCN1. The average Bonchev–Trinajstić information content (AvgIpc) is 2.53. The number of hydrogen-bond donors (Lipinski definition) is 4. The lowest BCUT2D eigenvalue weighted by Crippen LogP contribution is -2.32. The first kappa shape index (κ1) is 21.3. The minimum atomic E-state index is 0.946. The van der Waals surface area contributed by atoms with E-state index in [2.05, 4.69) is 68.3 Å². The Morgan fingerprint density at radius 3 is 0.909 bits per heavy atom. The summed E-state index contributed by atoms with van der Waals surface area (Å²) in [5, 5.41) is 13.8. The van der Waals surface area contributed by atoms with E-state index in [1.165, 1.54) is 46.0 Å². The van der Waals surface area contributed by atoms with Crippen molar-refractivity contribution in [1.29, 1.82) is 0 Å². The van der Waals surface area contributed by atoms with E-state index < -0.39 is 0 Å². The molecule has 8 heteroatoms. The zero-order valence-corrected chi connectivity index (χ0v) is 16.8. The van der Waals surface area contributed by atoms with Crippen LogP contribution >= 0.6 is 47.0 Å². The molecule has 0 spiro atoms. The first-order valence-electron chi connectivity index (χ1n) is 8.14. The fourth-order valence-electron chi connectivity index (χ4n) is 1.75. The highest BCUT2D eigenvalue weighted by Crippen LogP contribution is 2.06. The van der Waals surface area contributed by atoms with Crippen LogP contribution < -0.4 is 21.3 Å². The number of nitrogens with one attached hydrogen (secondary N) is 4. The number of thioether (sulfide) groups is 4. The Kier molecular flexibility index (Phi) is 18.0. The van der Waals surface area contributed by atoms with Crippen LogP contribution in [0, 0.1) is 0 Å². The second-order valence-corrected chi connectivity index (χ2v) is 9.70. The van der Waals surface area contributed by atoms with Crippen LogP contribution in [0.4, 0.5) is 0 Å². The van der Waals surface area contributed by atoms with Gasteiger partial charge in [-0.2, -0.15) is 47.0 Å². The molecule has 0 aliphatic carbocycles. The van der Waals surface area contributed by atoms with E-state index >= 15 is 0 Å². The van der Waals surface area contributed by atoms with Crippen molar-refractivity contribution in [3.63, 3.8) is 0 Å². The van der Waals surface area contributed by atoms with E-state index in [9.17, 15) is 0 Å². The molecule has 0 saturated carbocycles. The van der Waals surface area contributed by atoms with Crippen molar-refractivity contribution in [3.05, 3.63) is 0 Å². The molecular formula is C14H32N4S4. The summed E-state index contributed by atoms with van der Waals surface area (Å²) < 4.78 is 0. The van der Waals surface area contributed by atoms with Gasteiger partial charge in [0, 0.05) is 85.5 Å². The predicted molar refractivity (Wildman–Crippen MR) is 111 cm³/mol. The third-order valence-corrected chi connectivity index (χ3v) is 7.40. The molecule has 1 heterocycles. The molecule has 0 aromatic carbocycles. The average molecular weight is 385 g/mol. The third kappa shape index (κ3) is 16.1. The quantitative estimate of drug-likeness (QED) is 0.497. The van der Waals surface area contributed by atoms with E-state index in [4.69, 9.17) is 0 Å². The van der Waals surface area contributed by atoms with Crippen molar-refractivity contribution in [2.45, 2.75) is 0 Å². The summed E-state index contributed by atoms with van der Waals surface area (Å²) in [6, 6.07) is 0. The van der Waals surface area contributed by atoms with Crippen molar-refractivity contribution in [2.75, 3.05) is 85.5 Å². The van der Waals surface area contributed by atoms with Gasteiger partial charge in [0.25, 0.3) is 0 Å². The topological polar surface area (TPSA) is 48.1 Å². The Morgan fingerprint density at radius 1 is 0.364 bits per heavy atom. The van der Waals surface area contributed by atoms with Gasteiger partial charge in [0.2, 0.25) is 0 Å². The third-order valence-electron chi connectivity index (χ3n) is 2.94. The predicted octanol–water partition coefficient (Wildman–Crippen LogP) is 1.21. The molecule has 0 unspecified atom stereocenters. The molecule has 0 bridgehead atoms. The van der Waals surface area contributed by atoms with E-state index in [1.807, 2.05) is 0 Å². The van der Waals surface area contributed by atoms with E-state index in [1.54, 1.807) is 0 Å². The smallest absolute Gasteiger partial charge is 0.0454 e. The number of hydrogen-bond acceptors (Lipinski definition) is 8. The van der Waals surface area contributed by atoms with Gasteiger partial charge in [-0.15, -0.1) is 0 Å². The van der Waals surface area contributed by atoms with Crippen LogP contribution in [-0.2, 0) is 0 Å². The molecular weight excluding hydrogens is 352 g/mol. The maximum atomic E-state index is 3.45. The van der Waals surface area contributed by atoms with Gasteiger partial charge in [0.05, 0.1) is 0 Å². The Balaban J connectivity index is 2.00. The van der Waals surface area contributed by atoms with Crippen LogP contribution in [0.1, 0.15) is 0 Å². The summed E-state index contributed by atoms with van der Waals surface area (Å²) in [4.78, 5) is 0. The van der Waals surface area contributed by atoms with Crippen LogP contribution in [0.5, 0.6) is 0 Å². The first-order chi connectivity index (χ1) is 11.0. The molecule has 1 rings (SSSR count). The lowest BCUT2D eigenvalue weighted by atomic mass is 10.7. The highest BCUT2D eigenvalue weighted by Gasteiger charge is 1.95. The summed E-state index contributed by atoms with van der Waals surface area (Å²) >= 11 is 8.23. The molecule has 0 aromatic heterocycles. The Labute approximate surface area is 153 Å². The molecule has 4 nitrogen and oxygen atoms in total. The molecule has 1 saturated heterocycles. The molecule has 132 valence electrons. The van der Waals surface area contributed by atoms with Crippen molar-refractivity contribution in [3.8, 4) is 0 Å². The highest BCUT2D eigenvalue weighted by molar-refractivity contribution is 8.03. The molecule has 1 aliphatic rings. The van der Waals surface area contributed by atoms with E-state index in [0.29, 0.717) is 0 Å². The minimum Gasteiger partial charge on any atom is -0.304 e. The zero-order chi connectivity index (χ0) is 15.6. The first-order valence-corrected chi connectivity index (χ1v) is 12.8. The summed E-state index contributed by atoms with van der Waals surface area (Å²) in [5.74, 6) is 9.95. The van der Waals surface area contributed by atoms with Gasteiger partial charge in [0.15, 0.2) is 0 Å². The molecule has 1 aliphatic heterocycles. The fraction of sp³-hybridized carbons (Fsp3) is 1.00. The highest BCUT2D eigenvalue weighted by atomic mass is 32.2. The van der Waals surface area contributed by atoms with Crippen molar-refractivity contribution >= 4 is 47.0 Å². The van der Waals surface area contributed by atoms with Gasteiger partial charge in [0.1, 0.15) is 0 Å². The minimum absolute atomic E-state index is 0.946. The number of rotatable bonds is 0. The van der Waals surface area contributed by atoms with Gasteiger partial charge in [-0.1, -0.05) is 0 Å². The molecule has 1 fully saturated rings. The van der Waals surface area contributed by atoms with Crippen molar-refractivity contribution < 1.29 is 0 Å². The van der Waals surface area contributed by atoms with Gasteiger partial charge >= 0.3 is 0 Å². The summed E-state index contributed by atoms with van der Waals surface area (Å²) in [7, 11) is 0. The zero-order valence-electron chi connectivity index (χ0n) is 13.5. The molecule has 0 radical (unpaired) electrons.